The van der Waals surface area contributed by atoms with E-state index in [1.807, 2.05) is 6.07 Å². The first-order valence-corrected chi connectivity index (χ1v) is 10.6. The van der Waals surface area contributed by atoms with Crippen LogP contribution in [0.5, 0.6) is 0 Å². The minimum atomic E-state index is -0.515. The number of fused-ring (bicyclic) bond motifs is 1. The molecule has 6 rings (SSSR count). The minimum absolute atomic E-state index is 0.0507. The van der Waals surface area contributed by atoms with Gasteiger partial charge in [0.05, 0.1) is 5.41 Å². The van der Waals surface area contributed by atoms with Gasteiger partial charge in [0, 0.05) is 28.4 Å². The maximum atomic E-state index is 13.5. The van der Waals surface area contributed by atoms with Crippen molar-refractivity contribution in [2.75, 3.05) is 0 Å². The van der Waals surface area contributed by atoms with Crippen LogP contribution in [-0.2, 0) is 11.3 Å². The van der Waals surface area contributed by atoms with Crippen LogP contribution < -0.4 is 5.32 Å². The second-order valence-electron chi connectivity index (χ2n) is 8.28. The highest BCUT2D eigenvalue weighted by Crippen LogP contribution is 2.60. The van der Waals surface area contributed by atoms with E-state index in [-0.39, 0.29) is 17.7 Å². The highest BCUT2D eigenvalue weighted by molar-refractivity contribution is 6.33. The molecule has 0 saturated carbocycles. The van der Waals surface area contributed by atoms with Gasteiger partial charge in [0.1, 0.15) is 0 Å². The summed E-state index contributed by atoms with van der Waals surface area (Å²) in [6.07, 6.45) is 0.806. The van der Waals surface area contributed by atoms with Gasteiger partial charge in [-0.2, -0.15) is 0 Å². The fourth-order valence-corrected chi connectivity index (χ4v) is 5.62. The summed E-state index contributed by atoms with van der Waals surface area (Å²) in [5.74, 6) is 0.361. The van der Waals surface area contributed by atoms with E-state index in [4.69, 9.17) is 23.2 Å². The summed E-state index contributed by atoms with van der Waals surface area (Å²) < 4.78 is 0. The molecule has 146 valence electrons. The molecule has 4 heteroatoms. The molecule has 1 amide bonds. The van der Waals surface area contributed by atoms with E-state index in [9.17, 15) is 4.79 Å². The first-order valence-electron chi connectivity index (χ1n) is 9.89. The third-order valence-electron chi connectivity index (χ3n) is 6.60. The summed E-state index contributed by atoms with van der Waals surface area (Å²) in [6.45, 7) is 2.47. The van der Waals surface area contributed by atoms with Crippen LogP contribution in [0.15, 0.2) is 66.7 Å². The highest BCUT2D eigenvalue weighted by Gasteiger charge is 2.53. The molecule has 0 fully saturated rings. The Bertz CT molecular complexity index is 1080. The molecule has 3 aromatic rings. The van der Waals surface area contributed by atoms with Crippen LogP contribution in [0, 0.1) is 5.41 Å². The molecule has 0 spiro atoms. The Morgan fingerprint density at radius 2 is 1.55 bits per heavy atom. The first-order chi connectivity index (χ1) is 14.0. The molecule has 3 aliphatic rings. The predicted molar refractivity (Wildman–Crippen MR) is 118 cm³/mol. The Hall–Kier alpha value is -2.29. The molecule has 1 N–H and O–H groups in total. The standard InChI is InChI=1S/C25H21Cl2NO/c1-25(24(29)28-14-15-12-16(26)10-11-22(15)27)13-21-17-6-2-4-8-19(17)23(25)20-9-5-3-7-18(20)21/h2-12,21,23H,13-14H2,1H3,(H,28,29). The van der Waals surface area contributed by atoms with E-state index >= 15 is 0 Å². The second-order valence-corrected chi connectivity index (χ2v) is 9.13. The predicted octanol–water partition coefficient (Wildman–Crippen LogP) is 6.30. The number of carbonyl (C=O) groups is 1. The fraction of sp³-hybridized carbons (Fsp3) is 0.240. The number of rotatable bonds is 3. The van der Waals surface area contributed by atoms with Crippen LogP contribution in [0.2, 0.25) is 10.0 Å². The van der Waals surface area contributed by atoms with Crippen molar-refractivity contribution in [2.45, 2.75) is 31.7 Å². The molecule has 3 aliphatic carbocycles. The van der Waals surface area contributed by atoms with Crippen LogP contribution in [0.3, 0.4) is 0 Å². The van der Waals surface area contributed by atoms with Gasteiger partial charge in [-0.3, -0.25) is 4.79 Å². The van der Waals surface area contributed by atoms with Crippen molar-refractivity contribution in [3.8, 4) is 0 Å². The monoisotopic (exact) mass is 421 g/mol. The van der Waals surface area contributed by atoms with Crippen LogP contribution in [-0.4, -0.2) is 5.91 Å². The van der Waals surface area contributed by atoms with Crippen LogP contribution in [0.1, 0.15) is 53.0 Å². The third kappa shape index (κ3) is 2.89. The average Bonchev–Trinajstić information content (AvgIpc) is 2.74. The lowest BCUT2D eigenvalue weighted by molar-refractivity contribution is -0.132. The van der Waals surface area contributed by atoms with Crippen molar-refractivity contribution in [3.05, 3.63) is 105 Å². The van der Waals surface area contributed by atoms with Gasteiger partial charge in [-0.05, 0) is 59.4 Å². The molecule has 0 aliphatic heterocycles. The number of hydrogen-bond donors (Lipinski definition) is 1. The summed E-state index contributed by atoms with van der Waals surface area (Å²) in [4.78, 5) is 13.5. The first kappa shape index (κ1) is 18.7. The third-order valence-corrected chi connectivity index (χ3v) is 7.20. The largest absolute Gasteiger partial charge is 0.351 e. The van der Waals surface area contributed by atoms with Gasteiger partial charge in [-0.1, -0.05) is 71.7 Å². The summed E-state index contributed by atoms with van der Waals surface area (Å²) in [6, 6.07) is 22.5. The Kier molecular flexibility index (Phi) is 4.45. The van der Waals surface area contributed by atoms with Gasteiger partial charge in [0.15, 0.2) is 0 Å². The zero-order chi connectivity index (χ0) is 20.2. The van der Waals surface area contributed by atoms with E-state index in [2.05, 4.69) is 60.8 Å². The molecule has 2 bridgehead atoms. The SMILES string of the molecule is CC1(C(=O)NCc2cc(Cl)ccc2Cl)CC2c3ccccc3C1c1ccccc12. The summed E-state index contributed by atoms with van der Waals surface area (Å²) in [5, 5.41) is 4.37. The lowest BCUT2D eigenvalue weighted by Crippen LogP contribution is -2.49. The van der Waals surface area contributed by atoms with Crippen molar-refractivity contribution in [2.24, 2.45) is 5.41 Å². The van der Waals surface area contributed by atoms with E-state index < -0.39 is 5.41 Å². The Morgan fingerprint density at radius 3 is 2.17 bits per heavy atom. The summed E-state index contributed by atoms with van der Waals surface area (Å²) >= 11 is 12.4. The maximum Gasteiger partial charge on any atom is 0.227 e. The van der Waals surface area contributed by atoms with Gasteiger partial charge in [-0.25, -0.2) is 0 Å². The zero-order valence-corrected chi connectivity index (χ0v) is 17.6. The molecule has 0 aromatic heterocycles. The Morgan fingerprint density at radius 1 is 0.966 bits per heavy atom. The molecule has 0 heterocycles. The highest BCUT2D eigenvalue weighted by atomic mass is 35.5. The maximum absolute atomic E-state index is 13.5. The molecule has 0 radical (unpaired) electrons. The molecule has 2 nitrogen and oxygen atoms in total. The molecule has 0 saturated heterocycles. The topological polar surface area (TPSA) is 29.1 Å². The molecule has 29 heavy (non-hydrogen) atoms. The number of benzene rings is 3. The number of hydrogen-bond acceptors (Lipinski definition) is 1. The van der Waals surface area contributed by atoms with Crippen molar-refractivity contribution in [1.82, 2.24) is 5.32 Å². The smallest absolute Gasteiger partial charge is 0.227 e. The van der Waals surface area contributed by atoms with Gasteiger partial charge >= 0.3 is 0 Å². The second kappa shape index (κ2) is 6.90. The summed E-state index contributed by atoms with van der Waals surface area (Å²) in [7, 11) is 0. The fourth-order valence-electron chi connectivity index (χ4n) is 5.25. The van der Waals surface area contributed by atoms with Gasteiger partial charge < -0.3 is 5.32 Å². The molecular formula is C25H21Cl2NO. The lowest BCUT2D eigenvalue weighted by Gasteiger charge is -2.50. The van der Waals surface area contributed by atoms with Crippen molar-refractivity contribution in [1.29, 1.82) is 0 Å². The van der Waals surface area contributed by atoms with E-state index in [0.29, 0.717) is 16.6 Å². The number of nitrogens with one attached hydrogen (secondary N) is 1. The lowest BCUT2D eigenvalue weighted by atomic mass is 9.52. The van der Waals surface area contributed by atoms with Gasteiger partial charge in [-0.15, -0.1) is 0 Å². The quantitative estimate of drug-likeness (QED) is 0.528. The van der Waals surface area contributed by atoms with Crippen molar-refractivity contribution < 1.29 is 4.79 Å². The van der Waals surface area contributed by atoms with Crippen LogP contribution >= 0.6 is 23.2 Å². The minimum Gasteiger partial charge on any atom is -0.351 e. The van der Waals surface area contributed by atoms with E-state index in [0.717, 1.165) is 12.0 Å². The number of halogens is 2. The summed E-state index contributed by atoms with van der Waals surface area (Å²) in [5.41, 5.74) is 5.59. The molecular weight excluding hydrogens is 401 g/mol. The van der Waals surface area contributed by atoms with Crippen molar-refractivity contribution in [3.63, 3.8) is 0 Å². The zero-order valence-electron chi connectivity index (χ0n) is 16.1. The van der Waals surface area contributed by atoms with E-state index in [1.54, 1.807) is 12.1 Å². The molecule has 3 aromatic carbocycles. The van der Waals surface area contributed by atoms with Crippen LogP contribution in [0.25, 0.3) is 0 Å². The number of carbonyl (C=O) groups excluding carboxylic acids is 1. The number of amides is 1. The molecule has 1 unspecified atom stereocenters. The molecule has 1 atom stereocenters. The Balaban J connectivity index is 1.51. The average molecular weight is 422 g/mol. The van der Waals surface area contributed by atoms with Gasteiger partial charge in [0.2, 0.25) is 5.91 Å². The van der Waals surface area contributed by atoms with E-state index in [1.165, 1.54) is 22.3 Å². The normalized spacial score (nSPS) is 24.0. The van der Waals surface area contributed by atoms with Gasteiger partial charge in [0.25, 0.3) is 0 Å². The van der Waals surface area contributed by atoms with Crippen molar-refractivity contribution >= 4 is 29.1 Å². The Labute approximate surface area is 180 Å². The van der Waals surface area contributed by atoms with Crippen LogP contribution in [0.4, 0.5) is 0 Å².